The van der Waals surface area contributed by atoms with E-state index in [2.05, 4.69) is 0 Å². The van der Waals surface area contributed by atoms with Crippen molar-refractivity contribution in [3.8, 4) is 16.9 Å². The van der Waals surface area contributed by atoms with Gasteiger partial charge in [-0.15, -0.1) is 0 Å². The number of hydrogen-bond acceptors (Lipinski definition) is 5. The number of fused-ring (bicyclic) bond motifs is 2. The average Bonchev–Trinajstić information content (AvgIpc) is 2.60. The van der Waals surface area contributed by atoms with Crippen LogP contribution in [0, 0.1) is 6.92 Å². The maximum absolute atomic E-state index is 12.5. The van der Waals surface area contributed by atoms with Gasteiger partial charge in [0, 0.05) is 17.2 Å². The topological polar surface area (TPSA) is 69.7 Å². The highest BCUT2D eigenvalue weighted by atomic mass is 35.5. The summed E-state index contributed by atoms with van der Waals surface area (Å²) in [5, 5.41) is 1.39. The van der Waals surface area contributed by atoms with Gasteiger partial charge in [-0.1, -0.05) is 23.7 Å². The standard InChI is InChI=1S/C20H13ClO5/c1-10-7-15(22)18-17(25-10)9-16-14(19(18)24-2)8-13(20(23)26-16)11-3-5-12(21)6-4-11/h3-9H,1-2H3. The third-order valence-corrected chi connectivity index (χ3v) is 4.42. The molecule has 4 aromatic rings. The Morgan fingerprint density at radius 1 is 0.962 bits per heavy atom. The second-order valence-corrected chi connectivity index (χ2v) is 6.31. The van der Waals surface area contributed by atoms with E-state index in [-0.39, 0.29) is 11.0 Å². The van der Waals surface area contributed by atoms with Crippen molar-refractivity contribution in [2.75, 3.05) is 7.11 Å². The predicted molar refractivity (Wildman–Crippen MR) is 100 cm³/mol. The first-order chi connectivity index (χ1) is 12.5. The number of benzene rings is 2. The van der Waals surface area contributed by atoms with Gasteiger partial charge in [0.2, 0.25) is 0 Å². The fourth-order valence-corrected chi connectivity index (χ4v) is 3.15. The van der Waals surface area contributed by atoms with Crippen molar-refractivity contribution >= 4 is 33.5 Å². The van der Waals surface area contributed by atoms with Crippen LogP contribution in [0.3, 0.4) is 0 Å². The number of ether oxygens (including phenoxy) is 1. The van der Waals surface area contributed by atoms with Crippen molar-refractivity contribution in [2.24, 2.45) is 0 Å². The van der Waals surface area contributed by atoms with Crippen LogP contribution in [0.1, 0.15) is 5.76 Å². The SMILES string of the molecule is COc1c2cc(-c3ccc(Cl)cc3)c(=O)oc2cc2oc(C)cc(=O)c12. The molecule has 2 aromatic carbocycles. The van der Waals surface area contributed by atoms with Crippen LogP contribution in [0.5, 0.6) is 5.75 Å². The highest BCUT2D eigenvalue weighted by Gasteiger charge is 2.17. The highest BCUT2D eigenvalue weighted by Crippen LogP contribution is 2.34. The maximum Gasteiger partial charge on any atom is 0.344 e. The molecule has 0 unspecified atom stereocenters. The summed E-state index contributed by atoms with van der Waals surface area (Å²) in [7, 11) is 1.46. The Labute approximate surface area is 152 Å². The van der Waals surface area contributed by atoms with Crippen LogP contribution >= 0.6 is 11.6 Å². The molecule has 2 heterocycles. The second kappa shape index (κ2) is 6.04. The molecule has 0 aliphatic heterocycles. The van der Waals surface area contributed by atoms with Crippen molar-refractivity contribution in [1.82, 2.24) is 0 Å². The van der Waals surface area contributed by atoms with Crippen LogP contribution in [0.15, 0.2) is 60.9 Å². The molecule has 5 nitrogen and oxygen atoms in total. The molecule has 0 radical (unpaired) electrons. The molecule has 0 bridgehead atoms. The largest absolute Gasteiger partial charge is 0.495 e. The van der Waals surface area contributed by atoms with Crippen LogP contribution in [0.2, 0.25) is 5.02 Å². The van der Waals surface area contributed by atoms with Crippen molar-refractivity contribution in [3.63, 3.8) is 0 Å². The normalized spacial score (nSPS) is 11.2. The minimum atomic E-state index is -0.503. The molecule has 4 rings (SSSR count). The lowest BCUT2D eigenvalue weighted by atomic mass is 10.0. The number of hydrogen-bond donors (Lipinski definition) is 0. The molecule has 2 aromatic heterocycles. The summed E-state index contributed by atoms with van der Waals surface area (Å²) in [5.41, 5.74) is 0.872. The lowest BCUT2D eigenvalue weighted by Gasteiger charge is -2.10. The summed E-state index contributed by atoms with van der Waals surface area (Å²) in [6, 6.07) is 11.4. The molecule has 6 heteroatoms. The molecule has 0 aliphatic rings. The smallest absolute Gasteiger partial charge is 0.344 e. The van der Waals surface area contributed by atoms with E-state index < -0.39 is 5.63 Å². The summed E-state index contributed by atoms with van der Waals surface area (Å²) in [6.07, 6.45) is 0. The lowest BCUT2D eigenvalue weighted by molar-refractivity contribution is 0.422. The van der Waals surface area contributed by atoms with E-state index >= 15 is 0 Å². The van der Waals surface area contributed by atoms with E-state index in [0.29, 0.717) is 44.0 Å². The van der Waals surface area contributed by atoms with E-state index in [0.717, 1.165) is 0 Å². The highest BCUT2D eigenvalue weighted by molar-refractivity contribution is 6.30. The van der Waals surface area contributed by atoms with Crippen LogP contribution in [-0.4, -0.2) is 7.11 Å². The molecule has 0 amide bonds. The maximum atomic E-state index is 12.5. The first-order valence-corrected chi connectivity index (χ1v) is 8.21. The number of methoxy groups -OCH3 is 1. The van der Waals surface area contributed by atoms with Crippen molar-refractivity contribution < 1.29 is 13.6 Å². The molecule has 0 saturated heterocycles. The minimum absolute atomic E-state index is 0.221. The van der Waals surface area contributed by atoms with Crippen molar-refractivity contribution in [2.45, 2.75) is 6.92 Å². The molecule has 130 valence electrons. The van der Waals surface area contributed by atoms with Gasteiger partial charge in [0.25, 0.3) is 0 Å². The van der Waals surface area contributed by atoms with Gasteiger partial charge in [-0.2, -0.15) is 0 Å². The van der Waals surface area contributed by atoms with E-state index in [4.69, 9.17) is 25.2 Å². The molecular weight excluding hydrogens is 356 g/mol. The molecule has 0 fully saturated rings. The molecular formula is C20H13ClO5. The summed E-state index contributed by atoms with van der Waals surface area (Å²) in [5.74, 6) is 0.772. The molecule has 0 aliphatic carbocycles. The Kier molecular flexibility index (Phi) is 3.81. The molecule has 0 spiro atoms. The minimum Gasteiger partial charge on any atom is -0.495 e. The Hall–Kier alpha value is -3.05. The predicted octanol–water partition coefficient (Wildman–Crippen LogP) is 4.54. The summed E-state index contributed by atoms with van der Waals surface area (Å²) in [6.45, 7) is 1.68. The average molecular weight is 369 g/mol. The number of rotatable bonds is 2. The van der Waals surface area contributed by atoms with Crippen LogP contribution in [-0.2, 0) is 0 Å². The van der Waals surface area contributed by atoms with Crippen LogP contribution in [0.4, 0.5) is 0 Å². The second-order valence-electron chi connectivity index (χ2n) is 5.87. The monoisotopic (exact) mass is 368 g/mol. The quantitative estimate of drug-likeness (QED) is 0.384. The number of halogens is 1. The zero-order chi connectivity index (χ0) is 18.4. The summed E-state index contributed by atoms with van der Waals surface area (Å²) < 4.78 is 16.5. The molecule has 0 atom stereocenters. The van der Waals surface area contributed by atoms with Gasteiger partial charge in [0.15, 0.2) is 5.43 Å². The van der Waals surface area contributed by atoms with Gasteiger partial charge in [-0.3, -0.25) is 4.79 Å². The Morgan fingerprint density at radius 2 is 1.69 bits per heavy atom. The van der Waals surface area contributed by atoms with Gasteiger partial charge in [-0.25, -0.2) is 4.79 Å². The molecule has 26 heavy (non-hydrogen) atoms. The van der Waals surface area contributed by atoms with Gasteiger partial charge < -0.3 is 13.6 Å². The Balaban J connectivity index is 2.12. The zero-order valence-electron chi connectivity index (χ0n) is 14.0. The van der Waals surface area contributed by atoms with E-state index in [1.54, 1.807) is 37.3 Å². The third-order valence-electron chi connectivity index (χ3n) is 4.17. The fourth-order valence-electron chi connectivity index (χ4n) is 3.02. The van der Waals surface area contributed by atoms with Gasteiger partial charge in [0.05, 0.1) is 18.1 Å². The Bertz CT molecular complexity index is 1270. The van der Waals surface area contributed by atoms with Crippen molar-refractivity contribution in [3.05, 3.63) is 73.9 Å². The first kappa shape index (κ1) is 16.4. The van der Waals surface area contributed by atoms with Crippen molar-refractivity contribution in [1.29, 1.82) is 0 Å². The summed E-state index contributed by atoms with van der Waals surface area (Å²) in [4.78, 5) is 24.9. The van der Waals surface area contributed by atoms with E-state index in [1.165, 1.54) is 19.2 Å². The fraction of sp³-hybridized carbons (Fsp3) is 0.100. The van der Waals surface area contributed by atoms with Crippen LogP contribution in [0.25, 0.3) is 33.1 Å². The van der Waals surface area contributed by atoms with Gasteiger partial charge in [0.1, 0.15) is 28.1 Å². The van der Waals surface area contributed by atoms with E-state index in [1.807, 2.05) is 0 Å². The lowest BCUT2D eigenvalue weighted by Crippen LogP contribution is -2.06. The van der Waals surface area contributed by atoms with E-state index in [9.17, 15) is 9.59 Å². The van der Waals surface area contributed by atoms with Crippen LogP contribution < -0.4 is 15.8 Å². The molecule has 0 saturated carbocycles. The molecule has 0 N–H and O–H groups in total. The third kappa shape index (κ3) is 2.57. The Morgan fingerprint density at radius 3 is 2.38 bits per heavy atom. The van der Waals surface area contributed by atoms with Gasteiger partial charge >= 0.3 is 5.63 Å². The number of aryl methyl sites for hydroxylation is 1. The van der Waals surface area contributed by atoms with Gasteiger partial charge in [-0.05, 0) is 30.7 Å². The summed E-state index contributed by atoms with van der Waals surface area (Å²) >= 11 is 5.91. The zero-order valence-corrected chi connectivity index (χ0v) is 14.7. The first-order valence-electron chi connectivity index (χ1n) is 7.83.